The maximum atomic E-state index is 12.6. The first kappa shape index (κ1) is 24.1. The van der Waals surface area contributed by atoms with E-state index < -0.39 is 5.97 Å². The van der Waals surface area contributed by atoms with Gasteiger partial charge in [-0.2, -0.15) is 0 Å². The third-order valence-corrected chi connectivity index (χ3v) is 4.73. The maximum Gasteiger partial charge on any atom is 0.338 e. The van der Waals surface area contributed by atoms with Gasteiger partial charge in [-0.05, 0) is 45.4 Å². The van der Waals surface area contributed by atoms with Gasteiger partial charge >= 0.3 is 5.97 Å². The van der Waals surface area contributed by atoms with Gasteiger partial charge in [-0.1, -0.05) is 30.3 Å². The van der Waals surface area contributed by atoms with Gasteiger partial charge in [0.15, 0.2) is 18.1 Å². The fourth-order valence-electron chi connectivity index (χ4n) is 2.99. The van der Waals surface area contributed by atoms with E-state index in [0.29, 0.717) is 37.1 Å². The number of benzene rings is 2. The van der Waals surface area contributed by atoms with Crippen molar-refractivity contribution in [2.45, 2.75) is 33.7 Å². The van der Waals surface area contributed by atoms with Crippen molar-refractivity contribution in [1.29, 1.82) is 0 Å². The Morgan fingerprint density at radius 1 is 0.903 bits per heavy atom. The predicted molar refractivity (Wildman–Crippen MR) is 118 cm³/mol. The number of carbonyl (C=O) groups is 2. The first-order valence-electron chi connectivity index (χ1n) is 10.5. The zero-order chi connectivity index (χ0) is 22.8. The molecule has 0 N–H and O–H groups in total. The van der Waals surface area contributed by atoms with Crippen LogP contribution >= 0.6 is 0 Å². The summed E-state index contributed by atoms with van der Waals surface area (Å²) in [7, 11) is 1.69. The van der Waals surface area contributed by atoms with E-state index in [1.54, 1.807) is 24.1 Å². The average Bonchev–Trinajstić information content (AvgIpc) is 2.79. The molecule has 0 aliphatic carbocycles. The Morgan fingerprint density at radius 3 is 1.97 bits per heavy atom. The van der Waals surface area contributed by atoms with Crippen LogP contribution in [-0.4, -0.2) is 50.3 Å². The first-order chi connectivity index (χ1) is 14.9. The summed E-state index contributed by atoms with van der Waals surface area (Å²) in [5.74, 6) is 0.284. The molecular weight excluding hydrogens is 398 g/mol. The summed E-state index contributed by atoms with van der Waals surface area (Å²) < 4.78 is 22.2. The van der Waals surface area contributed by atoms with Crippen molar-refractivity contribution in [1.82, 2.24) is 4.90 Å². The Hall–Kier alpha value is -3.22. The van der Waals surface area contributed by atoms with Crippen LogP contribution in [0.4, 0.5) is 0 Å². The van der Waals surface area contributed by atoms with Gasteiger partial charge in [0, 0.05) is 7.05 Å². The Morgan fingerprint density at radius 2 is 1.45 bits per heavy atom. The summed E-state index contributed by atoms with van der Waals surface area (Å²) in [6, 6.07) is 12.6. The van der Waals surface area contributed by atoms with Crippen LogP contribution in [0.3, 0.4) is 0 Å². The topological polar surface area (TPSA) is 74.3 Å². The lowest BCUT2D eigenvalue weighted by molar-refractivity contribution is -0.135. The number of carbonyl (C=O) groups excluding carboxylic acids is 2. The largest absolute Gasteiger partial charge is 0.490 e. The van der Waals surface area contributed by atoms with E-state index in [4.69, 9.17) is 18.9 Å². The zero-order valence-corrected chi connectivity index (χ0v) is 18.8. The fourth-order valence-corrected chi connectivity index (χ4v) is 2.99. The minimum atomic E-state index is -0.640. The van der Waals surface area contributed by atoms with E-state index in [1.165, 1.54) is 0 Å². The van der Waals surface area contributed by atoms with Crippen LogP contribution in [0.1, 0.15) is 49.7 Å². The summed E-state index contributed by atoms with van der Waals surface area (Å²) >= 11 is 0. The normalized spacial score (nSPS) is 11.4. The molecule has 1 atom stereocenters. The lowest BCUT2D eigenvalue weighted by Gasteiger charge is -2.25. The maximum absolute atomic E-state index is 12.6. The SMILES string of the molecule is CCOc1cc(C(=O)OCC(=O)N(C)C(C)c2ccccc2)cc(OCC)c1OCC. The molecule has 0 saturated heterocycles. The van der Waals surface area contributed by atoms with Crippen LogP contribution in [0.25, 0.3) is 0 Å². The van der Waals surface area contributed by atoms with Crippen molar-refractivity contribution in [2.75, 3.05) is 33.5 Å². The van der Waals surface area contributed by atoms with Gasteiger partial charge in [-0.15, -0.1) is 0 Å². The molecule has 1 unspecified atom stereocenters. The molecule has 7 nitrogen and oxygen atoms in total. The quantitative estimate of drug-likeness (QED) is 0.497. The monoisotopic (exact) mass is 429 g/mol. The molecular formula is C24H31NO6. The summed E-state index contributed by atoms with van der Waals surface area (Å²) in [6.45, 7) is 8.29. The zero-order valence-electron chi connectivity index (χ0n) is 18.8. The van der Waals surface area contributed by atoms with Crippen LogP contribution in [0.5, 0.6) is 17.2 Å². The molecule has 0 aliphatic heterocycles. The van der Waals surface area contributed by atoms with E-state index in [0.717, 1.165) is 5.56 Å². The molecule has 2 aromatic carbocycles. The molecule has 1 amide bonds. The van der Waals surface area contributed by atoms with Crippen LogP contribution in [0.2, 0.25) is 0 Å². The third kappa shape index (κ3) is 6.38. The van der Waals surface area contributed by atoms with Crippen molar-refractivity contribution in [3.05, 3.63) is 53.6 Å². The van der Waals surface area contributed by atoms with E-state index in [1.807, 2.05) is 58.0 Å². The standard InChI is InChI=1S/C24H31NO6/c1-6-28-20-14-19(15-21(29-7-2)23(20)30-8-3)24(27)31-16-22(26)25(5)17(4)18-12-10-9-11-13-18/h9-15,17H,6-8,16H2,1-5H3. The average molecular weight is 430 g/mol. The van der Waals surface area contributed by atoms with E-state index in [2.05, 4.69) is 0 Å². The Kier molecular flexibility index (Phi) is 9.18. The molecule has 168 valence electrons. The minimum Gasteiger partial charge on any atom is -0.490 e. The van der Waals surface area contributed by atoms with Gasteiger partial charge in [-0.3, -0.25) is 4.79 Å². The molecule has 0 heterocycles. The lowest BCUT2D eigenvalue weighted by Crippen LogP contribution is -2.33. The summed E-state index contributed by atoms with van der Waals surface area (Å²) in [5.41, 5.74) is 1.22. The second-order valence-corrected chi connectivity index (χ2v) is 6.77. The van der Waals surface area contributed by atoms with Gasteiger partial charge in [-0.25, -0.2) is 4.79 Å². The molecule has 2 aromatic rings. The molecule has 0 saturated carbocycles. The van der Waals surface area contributed by atoms with Gasteiger partial charge in [0.05, 0.1) is 31.4 Å². The Bertz CT molecular complexity index is 841. The molecule has 0 aromatic heterocycles. The highest BCUT2D eigenvalue weighted by Crippen LogP contribution is 2.39. The van der Waals surface area contributed by atoms with Crippen LogP contribution in [0, 0.1) is 0 Å². The number of rotatable bonds is 11. The highest BCUT2D eigenvalue weighted by Gasteiger charge is 2.22. The number of ether oxygens (including phenoxy) is 4. The van der Waals surface area contributed by atoms with E-state index >= 15 is 0 Å². The van der Waals surface area contributed by atoms with Crippen molar-refractivity contribution in [2.24, 2.45) is 0 Å². The molecule has 0 fully saturated rings. The summed E-state index contributed by atoms with van der Waals surface area (Å²) in [4.78, 5) is 26.8. The number of esters is 1. The Balaban J connectivity index is 2.12. The number of hydrogen-bond acceptors (Lipinski definition) is 6. The molecule has 0 spiro atoms. The number of likely N-dealkylation sites (N-methyl/N-ethyl adjacent to an activating group) is 1. The third-order valence-electron chi connectivity index (χ3n) is 4.73. The van der Waals surface area contributed by atoms with Crippen molar-refractivity contribution in [3.63, 3.8) is 0 Å². The van der Waals surface area contributed by atoms with Gasteiger partial charge in [0.2, 0.25) is 5.75 Å². The molecule has 7 heteroatoms. The second-order valence-electron chi connectivity index (χ2n) is 6.77. The smallest absolute Gasteiger partial charge is 0.338 e. The van der Waals surface area contributed by atoms with E-state index in [9.17, 15) is 9.59 Å². The van der Waals surface area contributed by atoms with E-state index in [-0.39, 0.29) is 24.1 Å². The second kappa shape index (κ2) is 11.8. The molecule has 2 rings (SSSR count). The van der Waals surface area contributed by atoms with Crippen LogP contribution in [-0.2, 0) is 9.53 Å². The van der Waals surface area contributed by atoms with Crippen LogP contribution < -0.4 is 14.2 Å². The van der Waals surface area contributed by atoms with Gasteiger partial charge in [0.25, 0.3) is 5.91 Å². The molecule has 0 aliphatic rings. The van der Waals surface area contributed by atoms with Crippen molar-refractivity contribution in [3.8, 4) is 17.2 Å². The minimum absolute atomic E-state index is 0.146. The molecule has 31 heavy (non-hydrogen) atoms. The van der Waals surface area contributed by atoms with Crippen LogP contribution in [0.15, 0.2) is 42.5 Å². The number of amides is 1. The van der Waals surface area contributed by atoms with Crippen molar-refractivity contribution >= 4 is 11.9 Å². The van der Waals surface area contributed by atoms with Crippen molar-refractivity contribution < 1.29 is 28.5 Å². The van der Waals surface area contributed by atoms with Gasteiger partial charge in [0.1, 0.15) is 0 Å². The highest BCUT2D eigenvalue weighted by atomic mass is 16.5. The predicted octanol–water partition coefficient (Wildman–Crippen LogP) is 4.26. The lowest BCUT2D eigenvalue weighted by atomic mass is 10.1. The molecule has 0 bridgehead atoms. The summed E-state index contributed by atoms with van der Waals surface area (Å²) in [5, 5.41) is 0. The fraction of sp³-hybridized carbons (Fsp3) is 0.417. The van der Waals surface area contributed by atoms with Gasteiger partial charge < -0.3 is 23.8 Å². The molecule has 0 radical (unpaired) electrons. The first-order valence-corrected chi connectivity index (χ1v) is 10.5. The Labute approximate surface area is 183 Å². The highest BCUT2D eigenvalue weighted by molar-refractivity contribution is 5.92. The number of hydrogen-bond donors (Lipinski definition) is 0. The summed E-state index contributed by atoms with van der Waals surface area (Å²) in [6.07, 6.45) is 0. The number of nitrogens with zero attached hydrogens (tertiary/aromatic N) is 1.